The first-order valence-corrected chi connectivity index (χ1v) is 8.99. The Labute approximate surface area is 161 Å². The van der Waals surface area contributed by atoms with Crippen LogP contribution in [0.4, 0.5) is 0 Å². The molecule has 1 heterocycles. The van der Waals surface area contributed by atoms with Crippen molar-refractivity contribution in [2.24, 2.45) is 0 Å². The van der Waals surface area contributed by atoms with E-state index in [1.807, 2.05) is 30.3 Å². The molecule has 1 saturated heterocycles. The van der Waals surface area contributed by atoms with E-state index < -0.39 is 11.9 Å². The van der Waals surface area contributed by atoms with E-state index in [0.29, 0.717) is 36.9 Å². The number of hydrogen-bond donors (Lipinski definition) is 1. The molecule has 136 valence electrons. The third-order valence-corrected chi connectivity index (χ3v) is 4.70. The highest BCUT2D eigenvalue weighted by Crippen LogP contribution is 2.23. The summed E-state index contributed by atoms with van der Waals surface area (Å²) < 4.78 is 5.30. The minimum absolute atomic E-state index is 0.169. The van der Waals surface area contributed by atoms with Crippen molar-refractivity contribution in [3.63, 3.8) is 0 Å². The third kappa shape index (κ3) is 4.36. The Kier molecular flexibility index (Phi) is 6.14. The number of halogens is 2. The number of amides is 2. The lowest BCUT2D eigenvalue weighted by Crippen LogP contribution is -2.47. The maximum atomic E-state index is 13.0. The molecule has 0 spiro atoms. The van der Waals surface area contributed by atoms with Crippen molar-refractivity contribution in [3.8, 4) is 0 Å². The van der Waals surface area contributed by atoms with Gasteiger partial charge in [-0.1, -0.05) is 53.5 Å². The van der Waals surface area contributed by atoms with Crippen LogP contribution in [0.5, 0.6) is 0 Å². The van der Waals surface area contributed by atoms with E-state index in [4.69, 9.17) is 27.9 Å². The fraction of sp³-hybridized carbons (Fsp3) is 0.263. The van der Waals surface area contributed by atoms with Crippen molar-refractivity contribution < 1.29 is 14.3 Å². The lowest BCUT2D eigenvalue weighted by molar-refractivity contribution is -0.137. The van der Waals surface area contributed by atoms with Crippen LogP contribution < -0.4 is 5.32 Å². The Morgan fingerprint density at radius 3 is 2.38 bits per heavy atom. The zero-order chi connectivity index (χ0) is 18.5. The molecule has 1 atom stereocenters. The lowest BCUT2D eigenvalue weighted by Gasteiger charge is -2.31. The monoisotopic (exact) mass is 392 g/mol. The number of ether oxygens (including phenoxy) is 1. The first-order valence-electron chi connectivity index (χ1n) is 8.23. The van der Waals surface area contributed by atoms with Gasteiger partial charge in [-0.05, 0) is 23.8 Å². The average molecular weight is 393 g/mol. The molecular weight excluding hydrogens is 375 g/mol. The Hall–Kier alpha value is -2.08. The van der Waals surface area contributed by atoms with Crippen LogP contribution in [-0.2, 0) is 9.53 Å². The highest BCUT2D eigenvalue weighted by atomic mass is 35.5. The van der Waals surface area contributed by atoms with Crippen LogP contribution in [0.2, 0.25) is 10.0 Å². The third-order valence-electron chi connectivity index (χ3n) is 4.15. The predicted octanol–water partition coefficient (Wildman–Crippen LogP) is 3.32. The highest BCUT2D eigenvalue weighted by molar-refractivity contribution is 6.36. The second kappa shape index (κ2) is 8.54. The van der Waals surface area contributed by atoms with Crippen molar-refractivity contribution in [2.45, 2.75) is 6.04 Å². The van der Waals surface area contributed by atoms with Crippen molar-refractivity contribution in [1.29, 1.82) is 0 Å². The summed E-state index contributed by atoms with van der Waals surface area (Å²) in [5.41, 5.74) is 0.981. The number of nitrogens with zero attached hydrogens (tertiary/aromatic N) is 1. The normalized spacial score (nSPS) is 15.4. The van der Waals surface area contributed by atoms with Gasteiger partial charge in [0, 0.05) is 18.1 Å². The molecule has 0 unspecified atom stereocenters. The first-order chi connectivity index (χ1) is 12.6. The quantitative estimate of drug-likeness (QED) is 0.867. The molecule has 0 bridgehead atoms. The molecule has 0 radical (unpaired) electrons. The number of benzene rings is 2. The standard InChI is InChI=1S/C19H18Cl2N2O3/c20-14-6-7-15(16(21)12-14)18(24)22-17(13-4-2-1-3-5-13)19(25)23-8-10-26-11-9-23/h1-7,12,17H,8-11H2,(H,22,24)/t17-/m0/s1. The summed E-state index contributed by atoms with van der Waals surface area (Å²) in [6.07, 6.45) is 0. The van der Waals surface area contributed by atoms with E-state index in [-0.39, 0.29) is 16.5 Å². The summed E-state index contributed by atoms with van der Waals surface area (Å²) in [7, 11) is 0. The van der Waals surface area contributed by atoms with Gasteiger partial charge in [0.2, 0.25) is 5.91 Å². The number of nitrogens with one attached hydrogen (secondary N) is 1. The molecule has 1 N–H and O–H groups in total. The predicted molar refractivity (Wildman–Crippen MR) is 101 cm³/mol. The minimum atomic E-state index is -0.798. The van der Waals surface area contributed by atoms with Gasteiger partial charge in [-0.25, -0.2) is 0 Å². The van der Waals surface area contributed by atoms with Crippen LogP contribution in [0.3, 0.4) is 0 Å². The molecule has 7 heteroatoms. The number of hydrogen-bond acceptors (Lipinski definition) is 3. The van der Waals surface area contributed by atoms with E-state index in [9.17, 15) is 9.59 Å². The van der Waals surface area contributed by atoms with Crippen molar-refractivity contribution >= 4 is 35.0 Å². The van der Waals surface area contributed by atoms with Gasteiger partial charge in [-0.3, -0.25) is 9.59 Å². The molecule has 1 aliphatic rings. The molecule has 2 amide bonds. The van der Waals surface area contributed by atoms with E-state index >= 15 is 0 Å². The van der Waals surface area contributed by atoms with Gasteiger partial charge in [0.25, 0.3) is 5.91 Å². The zero-order valence-corrected chi connectivity index (χ0v) is 15.5. The summed E-state index contributed by atoms with van der Waals surface area (Å²) in [6, 6.07) is 13.0. The lowest BCUT2D eigenvalue weighted by atomic mass is 10.0. The molecule has 26 heavy (non-hydrogen) atoms. The number of morpholine rings is 1. The first kappa shape index (κ1) is 18.7. The summed E-state index contributed by atoms with van der Waals surface area (Å²) in [5, 5.41) is 3.49. The molecule has 0 aromatic heterocycles. The smallest absolute Gasteiger partial charge is 0.253 e. The highest BCUT2D eigenvalue weighted by Gasteiger charge is 2.29. The molecule has 1 fully saturated rings. The van der Waals surface area contributed by atoms with E-state index in [1.165, 1.54) is 6.07 Å². The Balaban J connectivity index is 1.85. The Morgan fingerprint density at radius 2 is 1.73 bits per heavy atom. The fourth-order valence-corrected chi connectivity index (χ4v) is 3.28. The number of rotatable bonds is 4. The van der Waals surface area contributed by atoms with Gasteiger partial charge in [-0.15, -0.1) is 0 Å². The molecule has 0 saturated carbocycles. The zero-order valence-electron chi connectivity index (χ0n) is 14.0. The molecule has 2 aromatic rings. The van der Waals surface area contributed by atoms with Gasteiger partial charge >= 0.3 is 0 Å². The van der Waals surface area contributed by atoms with Crippen LogP contribution in [0.15, 0.2) is 48.5 Å². The molecule has 5 nitrogen and oxygen atoms in total. The summed E-state index contributed by atoms with van der Waals surface area (Å²) in [6.45, 7) is 1.98. The van der Waals surface area contributed by atoms with Crippen LogP contribution in [-0.4, -0.2) is 43.0 Å². The number of carbonyl (C=O) groups excluding carboxylic acids is 2. The van der Waals surface area contributed by atoms with E-state index in [1.54, 1.807) is 17.0 Å². The Bertz CT molecular complexity index is 793. The molecule has 3 rings (SSSR count). The van der Waals surface area contributed by atoms with Crippen LogP contribution >= 0.6 is 23.2 Å². The van der Waals surface area contributed by atoms with Gasteiger partial charge in [-0.2, -0.15) is 0 Å². The summed E-state index contributed by atoms with van der Waals surface area (Å²) >= 11 is 12.0. The van der Waals surface area contributed by atoms with E-state index in [2.05, 4.69) is 5.32 Å². The van der Waals surface area contributed by atoms with Crippen LogP contribution in [0.25, 0.3) is 0 Å². The molecular formula is C19H18Cl2N2O3. The average Bonchev–Trinajstić information content (AvgIpc) is 2.67. The second-order valence-corrected chi connectivity index (χ2v) is 6.72. The molecule has 2 aromatic carbocycles. The van der Waals surface area contributed by atoms with Gasteiger partial charge < -0.3 is 15.0 Å². The molecule has 0 aliphatic carbocycles. The van der Waals surface area contributed by atoms with E-state index in [0.717, 1.165) is 0 Å². The van der Waals surface area contributed by atoms with Gasteiger partial charge in [0.15, 0.2) is 0 Å². The van der Waals surface area contributed by atoms with Crippen molar-refractivity contribution in [3.05, 3.63) is 69.7 Å². The second-order valence-electron chi connectivity index (χ2n) is 5.88. The maximum absolute atomic E-state index is 13.0. The topological polar surface area (TPSA) is 58.6 Å². The summed E-state index contributed by atoms with van der Waals surface area (Å²) in [4.78, 5) is 27.4. The Morgan fingerprint density at radius 1 is 1.04 bits per heavy atom. The van der Waals surface area contributed by atoms with Gasteiger partial charge in [0.1, 0.15) is 6.04 Å². The fourth-order valence-electron chi connectivity index (χ4n) is 2.78. The molecule has 1 aliphatic heterocycles. The summed E-state index contributed by atoms with van der Waals surface area (Å²) in [5.74, 6) is -0.597. The van der Waals surface area contributed by atoms with Crippen molar-refractivity contribution in [1.82, 2.24) is 10.2 Å². The van der Waals surface area contributed by atoms with Crippen molar-refractivity contribution in [2.75, 3.05) is 26.3 Å². The SMILES string of the molecule is O=C(N[C@H](C(=O)N1CCOCC1)c1ccccc1)c1ccc(Cl)cc1Cl. The van der Waals surface area contributed by atoms with Gasteiger partial charge in [0.05, 0.1) is 23.8 Å². The number of carbonyl (C=O) groups is 2. The van der Waals surface area contributed by atoms with Crippen LogP contribution in [0, 0.1) is 0 Å². The van der Waals surface area contributed by atoms with Crippen LogP contribution in [0.1, 0.15) is 22.0 Å². The maximum Gasteiger partial charge on any atom is 0.253 e. The largest absolute Gasteiger partial charge is 0.378 e. The minimum Gasteiger partial charge on any atom is -0.378 e.